The normalized spacial score (nSPS) is 14.3. The number of ether oxygens (including phenoxy) is 1. The fraction of sp³-hybridized carbons (Fsp3) is 0.312. The molecule has 3 rings (SSSR count). The predicted octanol–water partition coefficient (Wildman–Crippen LogP) is 3.57. The highest BCUT2D eigenvalue weighted by molar-refractivity contribution is 5.31. The van der Waals surface area contributed by atoms with Crippen molar-refractivity contribution in [2.75, 3.05) is 0 Å². The van der Waals surface area contributed by atoms with Crippen molar-refractivity contribution < 1.29 is 9.13 Å². The number of para-hydroxylation sites is 1. The van der Waals surface area contributed by atoms with E-state index in [9.17, 15) is 4.39 Å². The maximum Gasteiger partial charge on any atom is 0.219 e. The first-order valence-electron chi connectivity index (χ1n) is 6.84. The molecule has 20 heavy (non-hydrogen) atoms. The Morgan fingerprint density at radius 1 is 1.25 bits per heavy atom. The van der Waals surface area contributed by atoms with Crippen LogP contribution in [0.4, 0.5) is 4.39 Å². The summed E-state index contributed by atoms with van der Waals surface area (Å²) in [6, 6.07) is 10.8. The Morgan fingerprint density at radius 2 is 2.05 bits per heavy atom. The largest absolute Gasteiger partial charge is 0.436 e. The number of benzene rings is 1. The van der Waals surface area contributed by atoms with E-state index >= 15 is 0 Å². The number of halogens is 1. The van der Waals surface area contributed by atoms with Gasteiger partial charge in [0.15, 0.2) is 11.6 Å². The molecule has 4 heteroatoms. The van der Waals surface area contributed by atoms with Crippen LogP contribution in [-0.2, 0) is 6.54 Å². The molecule has 0 atom stereocenters. The first-order valence-corrected chi connectivity index (χ1v) is 6.84. The van der Waals surface area contributed by atoms with Crippen molar-refractivity contribution in [3.63, 3.8) is 0 Å². The van der Waals surface area contributed by atoms with Crippen LogP contribution in [0.5, 0.6) is 11.6 Å². The van der Waals surface area contributed by atoms with E-state index in [-0.39, 0.29) is 11.6 Å². The number of pyridine rings is 1. The molecule has 3 nitrogen and oxygen atoms in total. The molecule has 0 unspecified atom stereocenters. The average Bonchev–Trinajstić information content (AvgIpc) is 3.25. The van der Waals surface area contributed by atoms with E-state index in [1.807, 2.05) is 13.0 Å². The van der Waals surface area contributed by atoms with Crippen molar-refractivity contribution >= 4 is 0 Å². The summed E-state index contributed by atoms with van der Waals surface area (Å²) in [5.41, 5.74) is 2.06. The van der Waals surface area contributed by atoms with Gasteiger partial charge in [0, 0.05) is 24.3 Å². The lowest BCUT2D eigenvalue weighted by Crippen LogP contribution is -2.16. The van der Waals surface area contributed by atoms with Crippen LogP contribution in [0.3, 0.4) is 0 Å². The molecule has 0 radical (unpaired) electrons. The van der Waals surface area contributed by atoms with E-state index in [1.54, 1.807) is 24.3 Å². The summed E-state index contributed by atoms with van der Waals surface area (Å²) in [7, 11) is 0. The van der Waals surface area contributed by atoms with Crippen molar-refractivity contribution in [2.45, 2.75) is 32.4 Å². The standard InChI is InChI=1S/C16H17FN2O/c1-11-12(10-18-13-7-8-13)6-9-16(19-11)20-15-5-3-2-4-14(15)17/h2-6,9,13,18H,7-8,10H2,1H3. The Labute approximate surface area is 117 Å². The summed E-state index contributed by atoms with van der Waals surface area (Å²) in [6.45, 7) is 2.77. The number of hydrogen-bond acceptors (Lipinski definition) is 3. The molecule has 0 aliphatic heterocycles. The summed E-state index contributed by atoms with van der Waals surface area (Å²) in [6.07, 6.45) is 2.53. The smallest absolute Gasteiger partial charge is 0.219 e. The Morgan fingerprint density at radius 3 is 2.75 bits per heavy atom. The molecular formula is C16H17FN2O. The minimum Gasteiger partial charge on any atom is -0.436 e. The summed E-state index contributed by atoms with van der Waals surface area (Å²) < 4.78 is 19.0. The minimum absolute atomic E-state index is 0.197. The second kappa shape index (κ2) is 5.59. The molecule has 1 aliphatic carbocycles. The summed E-state index contributed by atoms with van der Waals surface area (Å²) >= 11 is 0. The summed E-state index contributed by atoms with van der Waals surface area (Å²) in [5, 5.41) is 3.45. The van der Waals surface area contributed by atoms with Crippen LogP contribution < -0.4 is 10.1 Å². The number of aryl methyl sites for hydroxylation is 1. The zero-order valence-electron chi connectivity index (χ0n) is 11.4. The van der Waals surface area contributed by atoms with Crippen molar-refractivity contribution in [3.8, 4) is 11.6 Å². The molecule has 1 N–H and O–H groups in total. The SMILES string of the molecule is Cc1nc(Oc2ccccc2F)ccc1CNC1CC1. The van der Waals surface area contributed by atoms with Crippen LogP contribution in [0.15, 0.2) is 36.4 Å². The number of nitrogens with one attached hydrogen (secondary N) is 1. The third-order valence-corrected chi connectivity index (χ3v) is 3.38. The lowest BCUT2D eigenvalue weighted by molar-refractivity contribution is 0.426. The van der Waals surface area contributed by atoms with Gasteiger partial charge in [-0.05, 0) is 37.5 Å². The van der Waals surface area contributed by atoms with Crippen LogP contribution in [0.25, 0.3) is 0 Å². The van der Waals surface area contributed by atoms with Crippen LogP contribution in [0.2, 0.25) is 0 Å². The Bertz CT molecular complexity index is 611. The first kappa shape index (κ1) is 13.1. The van der Waals surface area contributed by atoms with E-state index < -0.39 is 0 Å². The lowest BCUT2D eigenvalue weighted by Gasteiger charge is -2.10. The topological polar surface area (TPSA) is 34.1 Å². The molecule has 1 heterocycles. The molecule has 1 fully saturated rings. The maximum atomic E-state index is 13.5. The average molecular weight is 272 g/mol. The van der Waals surface area contributed by atoms with E-state index in [0.717, 1.165) is 17.8 Å². The maximum absolute atomic E-state index is 13.5. The van der Waals surface area contributed by atoms with Gasteiger partial charge in [-0.1, -0.05) is 18.2 Å². The molecule has 1 aliphatic rings. The third-order valence-electron chi connectivity index (χ3n) is 3.38. The fourth-order valence-corrected chi connectivity index (χ4v) is 1.99. The summed E-state index contributed by atoms with van der Waals surface area (Å²) in [5.74, 6) is 0.234. The van der Waals surface area contributed by atoms with Gasteiger partial charge in [0.05, 0.1) is 0 Å². The first-order chi connectivity index (χ1) is 9.72. The third kappa shape index (κ3) is 3.14. The fourth-order valence-electron chi connectivity index (χ4n) is 1.99. The molecule has 0 bridgehead atoms. The van der Waals surface area contributed by atoms with Gasteiger partial charge in [-0.15, -0.1) is 0 Å². The van der Waals surface area contributed by atoms with Crippen LogP contribution in [-0.4, -0.2) is 11.0 Å². The number of nitrogens with zero attached hydrogens (tertiary/aromatic N) is 1. The van der Waals surface area contributed by atoms with Crippen LogP contribution in [0, 0.1) is 12.7 Å². The second-order valence-corrected chi connectivity index (χ2v) is 5.08. The van der Waals surface area contributed by atoms with Gasteiger partial charge in [0.25, 0.3) is 0 Å². The molecule has 1 aromatic carbocycles. The molecule has 0 saturated heterocycles. The summed E-state index contributed by atoms with van der Waals surface area (Å²) in [4.78, 5) is 4.38. The van der Waals surface area contributed by atoms with Crippen molar-refractivity contribution in [2.24, 2.45) is 0 Å². The zero-order valence-corrected chi connectivity index (χ0v) is 11.4. The molecule has 1 saturated carbocycles. The minimum atomic E-state index is -0.383. The van der Waals surface area contributed by atoms with Crippen molar-refractivity contribution in [1.82, 2.24) is 10.3 Å². The van der Waals surface area contributed by atoms with E-state index in [2.05, 4.69) is 10.3 Å². The Kier molecular flexibility index (Phi) is 3.65. The number of hydrogen-bond donors (Lipinski definition) is 1. The van der Waals surface area contributed by atoms with Gasteiger partial charge in [0.1, 0.15) is 0 Å². The Hall–Kier alpha value is -1.94. The highest BCUT2D eigenvalue weighted by Crippen LogP contribution is 2.24. The molecule has 2 aromatic rings. The van der Waals surface area contributed by atoms with Crippen molar-refractivity contribution in [3.05, 3.63) is 53.5 Å². The molecular weight excluding hydrogens is 255 g/mol. The van der Waals surface area contributed by atoms with E-state index in [4.69, 9.17) is 4.74 Å². The van der Waals surface area contributed by atoms with Gasteiger partial charge < -0.3 is 10.1 Å². The van der Waals surface area contributed by atoms with Gasteiger partial charge in [-0.3, -0.25) is 0 Å². The molecule has 1 aromatic heterocycles. The molecule has 104 valence electrons. The predicted molar refractivity (Wildman–Crippen MR) is 75.3 cm³/mol. The molecule has 0 spiro atoms. The highest BCUT2D eigenvalue weighted by Gasteiger charge is 2.20. The Balaban J connectivity index is 1.71. The van der Waals surface area contributed by atoms with Gasteiger partial charge in [-0.25, -0.2) is 9.37 Å². The van der Waals surface area contributed by atoms with Gasteiger partial charge >= 0.3 is 0 Å². The monoisotopic (exact) mass is 272 g/mol. The van der Waals surface area contributed by atoms with Gasteiger partial charge in [0.2, 0.25) is 5.88 Å². The zero-order chi connectivity index (χ0) is 13.9. The quantitative estimate of drug-likeness (QED) is 0.903. The lowest BCUT2D eigenvalue weighted by atomic mass is 10.2. The van der Waals surface area contributed by atoms with Gasteiger partial charge in [-0.2, -0.15) is 0 Å². The van der Waals surface area contributed by atoms with Crippen LogP contribution >= 0.6 is 0 Å². The number of rotatable bonds is 5. The van der Waals surface area contributed by atoms with Crippen molar-refractivity contribution in [1.29, 1.82) is 0 Å². The number of aromatic nitrogens is 1. The van der Waals surface area contributed by atoms with Crippen LogP contribution in [0.1, 0.15) is 24.1 Å². The van der Waals surface area contributed by atoms with E-state index in [1.165, 1.54) is 18.9 Å². The highest BCUT2D eigenvalue weighted by atomic mass is 19.1. The van der Waals surface area contributed by atoms with E-state index in [0.29, 0.717) is 11.9 Å². The second-order valence-electron chi connectivity index (χ2n) is 5.08. The molecule has 0 amide bonds.